The van der Waals surface area contributed by atoms with Crippen LogP contribution in [0, 0.1) is 0 Å². The van der Waals surface area contributed by atoms with Gasteiger partial charge >= 0.3 is 6.09 Å². The highest BCUT2D eigenvalue weighted by Crippen LogP contribution is 2.21. The Morgan fingerprint density at radius 2 is 2.22 bits per heavy atom. The molecule has 0 aromatic carbocycles. The number of methoxy groups -OCH3 is 1. The molecule has 2 atom stereocenters. The van der Waals surface area contributed by atoms with Gasteiger partial charge in [-0.1, -0.05) is 0 Å². The topological polar surface area (TPSA) is 88.3 Å². The SMILES string of the molecule is COC1CCCC(NCc2cn[nH]c2NC(=O)OC(C)(C)C)C1. The van der Waals surface area contributed by atoms with Crippen molar-refractivity contribution in [1.29, 1.82) is 0 Å². The smallest absolute Gasteiger partial charge is 0.413 e. The van der Waals surface area contributed by atoms with E-state index in [0.29, 0.717) is 24.5 Å². The molecule has 0 spiro atoms. The number of amides is 1. The number of anilines is 1. The largest absolute Gasteiger partial charge is 0.444 e. The summed E-state index contributed by atoms with van der Waals surface area (Å²) >= 11 is 0. The number of hydrogen-bond donors (Lipinski definition) is 3. The van der Waals surface area contributed by atoms with E-state index in [1.807, 2.05) is 20.8 Å². The Bertz CT molecular complexity index is 510. The van der Waals surface area contributed by atoms with Crippen LogP contribution < -0.4 is 10.6 Å². The van der Waals surface area contributed by atoms with Crippen LogP contribution in [0.3, 0.4) is 0 Å². The number of carbonyl (C=O) groups excluding carboxylic acids is 1. The molecule has 1 fully saturated rings. The maximum absolute atomic E-state index is 11.8. The zero-order valence-electron chi connectivity index (χ0n) is 14.4. The molecular weight excluding hydrogens is 296 g/mol. The Hall–Kier alpha value is -1.60. The summed E-state index contributed by atoms with van der Waals surface area (Å²) in [6.45, 7) is 6.13. The van der Waals surface area contributed by atoms with Crippen molar-refractivity contribution in [2.24, 2.45) is 0 Å². The second-order valence-corrected chi connectivity index (χ2v) is 7.00. The molecule has 0 saturated heterocycles. The van der Waals surface area contributed by atoms with E-state index < -0.39 is 11.7 Å². The molecule has 23 heavy (non-hydrogen) atoms. The quantitative estimate of drug-likeness (QED) is 0.775. The third-order valence-electron chi connectivity index (χ3n) is 3.88. The van der Waals surface area contributed by atoms with Crippen molar-refractivity contribution in [3.05, 3.63) is 11.8 Å². The van der Waals surface area contributed by atoms with Gasteiger partial charge in [0.15, 0.2) is 0 Å². The van der Waals surface area contributed by atoms with Gasteiger partial charge in [0.1, 0.15) is 11.4 Å². The predicted octanol–water partition coefficient (Wildman–Crippen LogP) is 2.80. The molecule has 1 saturated carbocycles. The van der Waals surface area contributed by atoms with E-state index in [2.05, 4.69) is 20.8 Å². The first-order chi connectivity index (χ1) is 10.9. The molecular formula is C16H28N4O3. The van der Waals surface area contributed by atoms with E-state index in [4.69, 9.17) is 9.47 Å². The molecule has 130 valence electrons. The normalized spacial score (nSPS) is 21.9. The molecule has 2 rings (SSSR count). The fourth-order valence-electron chi connectivity index (χ4n) is 2.76. The summed E-state index contributed by atoms with van der Waals surface area (Å²) in [4.78, 5) is 11.8. The van der Waals surface area contributed by atoms with Gasteiger partial charge in [0.2, 0.25) is 0 Å². The molecule has 1 aliphatic rings. The van der Waals surface area contributed by atoms with Crippen LogP contribution in [0.2, 0.25) is 0 Å². The van der Waals surface area contributed by atoms with Crippen LogP contribution in [0.5, 0.6) is 0 Å². The molecule has 2 unspecified atom stereocenters. The average molecular weight is 324 g/mol. The van der Waals surface area contributed by atoms with Gasteiger partial charge in [-0.15, -0.1) is 0 Å². The summed E-state index contributed by atoms with van der Waals surface area (Å²) in [5.74, 6) is 0.575. The molecule has 1 aromatic rings. The van der Waals surface area contributed by atoms with Crippen molar-refractivity contribution in [3.63, 3.8) is 0 Å². The Labute approximate surface area is 137 Å². The van der Waals surface area contributed by atoms with Gasteiger partial charge in [-0.3, -0.25) is 10.4 Å². The van der Waals surface area contributed by atoms with Crippen LogP contribution in [0.1, 0.15) is 52.0 Å². The maximum atomic E-state index is 11.8. The Balaban J connectivity index is 1.85. The van der Waals surface area contributed by atoms with Gasteiger partial charge in [0.25, 0.3) is 0 Å². The molecule has 7 heteroatoms. The number of nitrogens with zero attached hydrogens (tertiary/aromatic N) is 1. The fourth-order valence-corrected chi connectivity index (χ4v) is 2.76. The van der Waals surface area contributed by atoms with Gasteiger partial charge < -0.3 is 14.8 Å². The minimum atomic E-state index is -0.528. The molecule has 1 amide bonds. The number of aromatic amines is 1. The zero-order chi connectivity index (χ0) is 16.9. The summed E-state index contributed by atoms with van der Waals surface area (Å²) < 4.78 is 10.7. The predicted molar refractivity (Wildman–Crippen MR) is 88.3 cm³/mol. The van der Waals surface area contributed by atoms with E-state index in [0.717, 1.165) is 24.8 Å². The lowest BCUT2D eigenvalue weighted by Gasteiger charge is -2.28. The lowest BCUT2D eigenvalue weighted by molar-refractivity contribution is 0.0586. The first kappa shape index (κ1) is 17.7. The number of nitrogens with one attached hydrogen (secondary N) is 3. The highest BCUT2D eigenvalue weighted by Gasteiger charge is 2.22. The first-order valence-corrected chi connectivity index (χ1v) is 8.16. The van der Waals surface area contributed by atoms with Crippen molar-refractivity contribution >= 4 is 11.9 Å². The Morgan fingerprint density at radius 1 is 1.43 bits per heavy atom. The second-order valence-electron chi connectivity index (χ2n) is 7.00. The summed E-state index contributed by atoms with van der Waals surface area (Å²) in [6.07, 6.45) is 6.03. The number of rotatable bonds is 5. The van der Waals surface area contributed by atoms with E-state index in [9.17, 15) is 4.79 Å². The molecule has 0 radical (unpaired) electrons. The van der Waals surface area contributed by atoms with Crippen LogP contribution in [0.4, 0.5) is 10.6 Å². The van der Waals surface area contributed by atoms with Crippen LogP contribution in [0.15, 0.2) is 6.20 Å². The van der Waals surface area contributed by atoms with Gasteiger partial charge in [0.05, 0.1) is 12.3 Å². The van der Waals surface area contributed by atoms with Gasteiger partial charge in [0, 0.05) is 25.3 Å². The van der Waals surface area contributed by atoms with E-state index in [1.165, 1.54) is 6.42 Å². The molecule has 1 aromatic heterocycles. The molecule has 3 N–H and O–H groups in total. The van der Waals surface area contributed by atoms with Crippen molar-refractivity contribution in [2.75, 3.05) is 12.4 Å². The first-order valence-electron chi connectivity index (χ1n) is 8.16. The van der Waals surface area contributed by atoms with Crippen LogP contribution in [-0.4, -0.2) is 41.1 Å². The summed E-state index contributed by atoms with van der Waals surface area (Å²) in [6, 6.07) is 0.429. The maximum Gasteiger partial charge on any atom is 0.413 e. The molecule has 1 heterocycles. The summed E-state index contributed by atoms with van der Waals surface area (Å²) in [5.41, 5.74) is 0.384. The second kappa shape index (κ2) is 7.79. The third kappa shape index (κ3) is 5.84. The minimum Gasteiger partial charge on any atom is -0.444 e. The fraction of sp³-hybridized carbons (Fsp3) is 0.750. The average Bonchev–Trinajstić information content (AvgIpc) is 2.90. The number of H-pyrrole nitrogens is 1. The Morgan fingerprint density at radius 3 is 2.91 bits per heavy atom. The lowest BCUT2D eigenvalue weighted by Crippen LogP contribution is -2.36. The number of carbonyl (C=O) groups is 1. The molecule has 7 nitrogen and oxygen atoms in total. The molecule has 0 bridgehead atoms. The lowest BCUT2D eigenvalue weighted by atomic mass is 9.93. The zero-order valence-corrected chi connectivity index (χ0v) is 14.4. The number of ether oxygens (including phenoxy) is 2. The van der Waals surface area contributed by atoms with E-state index in [-0.39, 0.29) is 0 Å². The third-order valence-corrected chi connectivity index (χ3v) is 3.88. The minimum absolute atomic E-state index is 0.338. The highest BCUT2D eigenvalue weighted by molar-refractivity contribution is 5.84. The van der Waals surface area contributed by atoms with Crippen LogP contribution in [-0.2, 0) is 16.0 Å². The number of aromatic nitrogens is 2. The van der Waals surface area contributed by atoms with Gasteiger partial charge in [-0.25, -0.2) is 4.79 Å². The van der Waals surface area contributed by atoms with Crippen molar-refractivity contribution in [3.8, 4) is 0 Å². The van der Waals surface area contributed by atoms with Crippen LogP contribution >= 0.6 is 0 Å². The molecule has 1 aliphatic carbocycles. The summed E-state index contributed by atoms with van der Waals surface area (Å²) in [5, 5.41) is 13.0. The standard InChI is InChI=1S/C16H28N4O3/c1-16(2,3)23-15(21)19-14-11(10-18-20-14)9-17-12-6-5-7-13(8-12)22-4/h10,12-13,17H,5-9H2,1-4H3,(H2,18,19,20,21). The highest BCUT2D eigenvalue weighted by atomic mass is 16.6. The Kier molecular flexibility index (Phi) is 6.01. The number of hydrogen-bond acceptors (Lipinski definition) is 5. The van der Waals surface area contributed by atoms with Crippen molar-refractivity contribution in [2.45, 2.75) is 70.7 Å². The monoisotopic (exact) mass is 324 g/mol. The van der Waals surface area contributed by atoms with E-state index >= 15 is 0 Å². The van der Waals surface area contributed by atoms with E-state index in [1.54, 1.807) is 13.3 Å². The van der Waals surface area contributed by atoms with Gasteiger partial charge in [-0.05, 0) is 46.5 Å². The summed E-state index contributed by atoms with van der Waals surface area (Å²) in [7, 11) is 1.77. The van der Waals surface area contributed by atoms with Crippen LogP contribution in [0.25, 0.3) is 0 Å². The van der Waals surface area contributed by atoms with Crippen molar-refractivity contribution in [1.82, 2.24) is 15.5 Å². The molecule has 0 aliphatic heterocycles. The van der Waals surface area contributed by atoms with Crippen molar-refractivity contribution < 1.29 is 14.3 Å². The van der Waals surface area contributed by atoms with Gasteiger partial charge in [-0.2, -0.15) is 5.10 Å².